The third-order valence-corrected chi connectivity index (χ3v) is 2.57. The van der Waals surface area contributed by atoms with Gasteiger partial charge in [-0.05, 0) is 12.8 Å². The minimum absolute atomic E-state index is 0.270. The largest absolute Gasteiger partial charge is 0.479 e. The molecule has 6 heteroatoms. The first-order valence-corrected chi connectivity index (χ1v) is 4.29. The maximum Gasteiger partial charge on any atom is 0.336 e. The van der Waals surface area contributed by atoms with Crippen LogP contribution in [0, 0.1) is 11.8 Å². The highest BCUT2D eigenvalue weighted by atomic mass is 17.1. The van der Waals surface area contributed by atoms with Crippen molar-refractivity contribution in [2.45, 2.75) is 33.0 Å². The highest BCUT2D eigenvalue weighted by Crippen LogP contribution is 2.22. The summed E-state index contributed by atoms with van der Waals surface area (Å²) < 4.78 is 0. The Morgan fingerprint density at radius 1 is 1.07 bits per heavy atom. The Balaban J connectivity index is 4.41. The molecule has 0 fully saturated rings. The first-order chi connectivity index (χ1) is 6.45. The van der Waals surface area contributed by atoms with Crippen molar-refractivity contribution in [3.05, 3.63) is 0 Å². The summed E-state index contributed by atoms with van der Waals surface area (Å²) in [6.07, 6.45) is -1.84. The van der Waals surface area contributed by atoms with Crippen molar-refractivity contribution in [2.75, 3.05) is 0 Å². The Kier molecular flexibility index (Phi) is 5.63. The first kappa shape index (κ1) is 13.3. The van der Waals surface area contributed by atoms with Crippen LogP contribution in [0.2, 0.25) is 0 Å². The molecule has 0 radical (unpaired) electrons. The van der Waals surface area contributed by atoms with Gasteiger partial charge >= 0.3 is 5.97 Å². The van der Waals surface area contributed by atoms with Crippen molar-refractivity contribution >= 4 is 5.97 Å². The molecule has 0 bridgehead atoms. The summed E-state index contributed by atoms with van der Waals surface area (Å²) in [6.45, 7) is 4.88. The van der Waals surface area contributed by atoms with Crippen molar-refractivity contribution in [1.29, 1.82) is 0 Å². The zero-order valence-corrected chi connectivity index (χ0v) is 8.38. The van der Waals surface area contributed by atoms with E-state index in [1.165, 1.54) is 0 Å². The lowest BCUT2D eigenvalue weighted by Gasteiger charge is -2.26. The number of carbonyl (C=O) groups is 1. The zero-order chi connectivity index (χ0) is 11.3. The predicted octanol–water partition coefficient (Wildman–Crippen LogP) is 1.08. The summed E-state index contributed by atoms with van der Waals surface area (Å²) >= 11 is 0. The molecule has 0 saturated heterocycles. The van der Waals surface area contributed by atoms with E-state index in [1.807, 2.05) is 0 Å². The van der Waals surface area contributed by atoms with Crippen LogP contribution in [0.25, 0.3) is 0 Å². The highest BCUT2D eigenvalue weighted by molar-refractivity contribution is 5.72. The van der Waals surface area contributed by atoms with E-state index in [4.69, 9.17) is 15.6 Å². The third-order valence-electron chi connectivity index (χ3n) is 2.57. The fourth-order valence-electron chi connectivity index (χ4n) is 1.17. The van der Waals surface area contributed by atoms with Crippen molar-refractivity contribution in [3.8, 4) is 0 Å². The van der Waals surface area contributed by atoms with Crippen molar-refractivity contribution in [2.24, 2.45) is 11.8 Å². The van der Waals surface area contributed by atoms with Gasteiger partial charge in [-0.1, -0.05) is 13.8 Å². The number of carboxylic acid groups (broad SMARTS) is 1. The second-order valence-electron chi connectivity index (χ2n) is 3.39. The summed E-state index contributed by atoms with van der Waals surface area (Å²) in [5.74, 6) is -2.01. The monoisotopic (exact) mass is 208 g/mol. The SMILES string of the molecule is CC(OO)C(C)C(C)C(OO)C(=O)O. The lowest BCUT2D eigenvalue weighted by atomic mass is 9.87. The van der Waals surface area contributed by atoms with E-state index in [1.54, 1.807) is 20.8 Å². The van der Waals surface area contributed by atoms with Gasteiger partial charge in [0.2, 0.25) is 0 Å². The summed E-state index contributed by atoms with van der Waals surface area (Å²) in [5, 5.41) is 25.4. The van der Waals surface area contributed by atoms with Crippen LogP contribution in [-0.4, -0.2) is 33.8 Å². The lowest BCUT2D eigenvalue weighted by molar-refractivity contribution is -0.308. The summed E-state index contributed by atoms with van der Waals surface area (Å²) in [4.78, 5) is 18.5. The number of aliphatic carboxylic acids is 1. The standard InChI is InChI=1S/C8H16O6/c1-4(6(3)13-11)5(2)7(14-12)8(9)10/h4-7,11-12H,1-3H3,(H,9,10). The molecule has 0 amide bonds. The Hall–Kier alpha value is -0.690. The molecule has 0 aliphatic rings. The fraction of sp³-hybridized carbons (Fsp3) is 0.875. The van der Waals surface area contributed by atoms with Gasteiger partial charge in [0.25, 0.3) is 0 Å². The fourth-order valence-corrected chi connectivity index (χ4v) is 1.17. The number of carboxylic acids is 1. The normalized spacial score (nSPS) is 19.8. The second kappa shape index (κ2) is 5.92. The predicted molar refractivity (Wildman–Crippen MR) is 46.6 cm³/mol. The van der Waals surface area contributed by atoms with E-state index in [9.17, 15) is 4.79 Å². The van der Waals surface area contributed by atoms with E-state index < -0.39 is 24.1 Å². The van der Waals surface area contributed by atoms with Crippen molar-refractivity contribution < 1.29 is 30.2 Å². The molecule has 0 aromatic rings. The molecule has 0 rings (SSSR count). The number of hydrogen-bond acceptors (Lipinski definition) is 5. The molecule has 0 aliphatic carbocycles. The quantitative estimate of drug-likeness (QED) is 0.446. The van der Waals surface area contributed by atoms with Gasteiger partial charge < -0.3 is 5.11 Å². The molecule has 0 spiro atoms. The van der Waals surface area contributed by atoms with Gasteiger partial charge in [-0.3, -0.25) is 10.5 Å². The molecule has 3 N–H and O–H groups in total. The van der Waals surface area contributed by atoms with Crippen LogP contribution < -0.4 is 0 Å². The molecular formula is C8H16O6. The van der Waals surface area contributed by atoms with Gasteiger partial charge in [0.1, 0.15) is 0 Å². The minimum Gasteiger partial charge on any atom is -0.479 e. The molecule has 0 aliphatic heterocycles. The summed E-state index contributed by atoms with van der Waals surface area (Å²) in [5.41, 5.74) is 0. The lowest BCUT2D eigenvalue weighted by Crippen LogP contribution is -2.37. The van der Waals surface area contributed by atoms with Crippen LogP contribution in [0.15, 0.2) is 0 Å². The van der Waals surface area contributed by atoms with E-state index in [-0.39, 0.29) is 5.92 Å². The average Bonchev–Trinajstić information content (AvgIpc) is 2.15. The van der Waals surface area contributed by atoms with Crippen LogP contribution in [0.4, 0.5) is 0 Å². The van der Waals surface area contributed by atoms with E-state index in [0.717, 1.165) is 0 Å². The second-order valence-corrected chi connectivity index (χ2v) is 3.39. The van der Waals surface area contributed by atoms with Crippen LogP contribution >= 0.6 is 0 Å². The van der Waals surface area contributed by atoms with Crippen molar-refractivity contribution in [1.82, 2.24) is 0 Å². The smallest absolute Gasteiger partial charge is 0.336 e. The van der Waals surface area contributed by atoms with Crippen LogP contribution in [-0.2, 0) is 14.6 Å². The van der Waals surface area contributed by atoms with Crippen molar-refractivity contribution in [3.63, 3.8) is 0 Å². The number of hydrogen-bond donors (Lipinski definition) is 3. The first-order valence-electron chi connectivity index (χ1n) is 4.29. The number of rotatable bonds is 6. The topological polar surface area (TPSA) is 96.2 Å². The van der Waals surface area contributed by atoms with Gasteiger partial charge in [0.15, 0.2) is 6.10 Å². The third kappa shape index (κ3) is 3.22. The molecular weight excluding hydrogens is 192 g/mol. The molecule has 6 nitrogen and oxygen atoms in total. The van der Waals surface area contributed by atoms with Gasteiger partial charge in [0.05, 0.1) is 6.10 Å². The Bertz CT molecular complexity index is 183. The van der Waals surface area contributed by atoms with E-state index >= 15 is 0 Å². The molecule has 4 atom stereocenters. The van der Waals surface area contributed by atoms with Gasteiger partial charge in [-0.15, -0.1) is 0 Å². The maximum absolute atomic E-state index is 10.6. The van der Waals surface area contributed by atoms with Gasteiger partial charge in [-0.2, -0.15) is 0 Å². The van der Waals surface area contributed by atoms with E-state index in [2.05, 4.69) is 9.78 Å². The van der Waals surface area contributed by atoms with E-state index in [0.29, 0.717) is 0 Å². The Morgan fingerprint density at radius 2 is 1.57 bits per heavy atom. The van der Waals surface area contributed by atoms with Crippen LogP contribution in [0.1, 0.15) is 20.8 Å². The molecule has 84 valence electrons. The van der Waals surface area contributed by atoms with Gasteiger partial charge in [0, 0.05) is 5.92 Å². The summed E-state index contributed by atoms with van der Waals surface area (Å²) in [7, 11) is 0. The minimum atomic E-state index is -1.32. The average molecular weight is 208 g/mol. The molecule has 0 aromatic heterocycles. The zero-order valence-electron chi connectivity index (χ0n) is 8.38. The Labute approximate surface area is 81.9 Å². The molecule has 14 heavy (non-hydrogen) atoms. The van der Waals surface area contributed by atoms with Crippen LogP contribution in [0.3, 0.4) is 0 Å². The molecule has 0 saturated carbocycles. The highest BCUT2D eigenvalue weighted by Gasteiger charge is 2.33. The molecule has 4 unspecified atom stereocenters. The maximum atomic E-state index is 10.6. The molecule has 0 aromatic carbocycles. The van der Waals surface area contributed by atoms with Crippen LogP contribution in [0.5, 0.6) is 0 Å². The summed E-state index contributed by atoms with van der Waals surface area (Å²) in [6, 6.07) is 0. The molecule has 0 heterocycles. The van der Waals surface area contributed by atoms with Gasteiger partial charge in [-0.25, -0.2) is 14.6 Å². The Morgan fingerprint density at radius 3 is 1.86 bits per heavy atom.